The van der Waals surface area contributed by atoms with E-state index in [9.17, 15) is 4.79 Å². The Balaban J connectivity index is 1.84. The molecule has 0 bridgehead atoms. The SMILES string of the molecule is CSCc1ccc(C(=O)NC(c2ccccc2)c2ccccc2)cc1. The molecule has 126 valence electrons. The molecule has 25 heavy (non-hydrogen) atoms. The van der Waals surface area contributed by atoms with Gasteiger partial charge in [0, 0.05) is 11.3 Å². The van der Waals surface area contributed by atoms with Crippen LogP contribution in [0.5, 0.6) is 0 Å². The van der Waals surface area contributed by atoms with Crippen LogP contribution in [0.25, 0.3) is 0 Å². The molecule has 0 atom stereocenters. The van der Waals surface area contributed by atoms with E-state index in [0.717, 1.165) is 16.9 Å². The predicted octanol–water partition coefficient (Wildman–Crippen LogP) is 5.07. The minimum atomic E-state index is -0.166. The zero-order chi connectivity index (χ0) is 17.5. The molecule has 0 heterocycles. The Morgan fingerprint density at radius 1 is 0.840 bits per heavy atom. The fourth-order valence-electron chi connectivity index (χ4n) is 2.78. The van der Waals surface area contributed by atoms with Crippen molar-refractivity contribution in [1.29, 1.82) is 0 Å². The van der Waals surface area contributed by atoms with Crippen molar-refractivity contribution in [2.45, 2.75) is 11.8 Å². The van der Waals surface area contributed by atoms with Crippen molar-refractivity contribution in [1.82, 2.24) is 5.32 Å². The highest BCUT2D eigenvalue weighted by Crippen LogP contribution is 2.22. The Morgan fingerprint density at radius 3 is 1.84 bits per heavy atom. The van der Waals surface area contributed by atoms with Gasteiger partial charge in [-0.05, 0) is 35.1 Å². The van der Waals surface area contributed by atoms with Gasteiger partial charge in [0.25, 0.3) is 5.91 Å². The Labute approximate surface area is 153 Å². The highest BCUT2D eigenvalue weighted by Gasteiger charge is 2.17. The number of hydrogen-bond acceptors (Lipinski definition) is 2. The van der Waals surface area contributed by atoms with Gasteiger partial charge < -0.3 is 5.32 Å². The Morgan fingerprint density at radius 2 is 1.36 bits per heavy atom. The van der Waals surface area contributed by atoms with Gasteiger partial charge in [-0.25, -0.2) is 0 Å². The van der Waals surface area contributed by atoms with Crippen LogP contribution in [0.15, 0.2) is 84.9 Å². The van der Waals surface area contributed by atoms with Crippen LogP contribution in [0.4, 0.5) is 0 Å². The summed E-state index contributed by atoms with van der Waals surface area (Å²) >= 11 is 1.77. The second-order valence-corrected chi connectivity index (χ2v) is 6.72. The summed E-state index contributed by atoms with van der Waals surface area (Å²) in [5, 5.41) is 3.17. The summed E-state index contributed by atoms with van der Waals surface area (Å²) in [5.41, 5.74) is 4.05. The van der Waals surface area contributed by atoms with Gasteiger partial charge in [-0.1, -0.05) is 72.8 Å². The van der Waals surface area contributed by atoms with E-state index < -0.39 is 0 Å². The fraction of sp³-hybridized carbons (Fsp3) is 0.136. The maximum Gasteiger partial charge on any atom is 0.252 e. The molecule has 0 aliphatic rings. The third kappa shape index (κ3) is 4.52. The van der Waals surface area contributed by atoms with Crippen molar-refractivity contribution in [3.05, 3.63) is 107 Å². The van der Waals surface area contributed by atoms with Crippen molar-refractivity contribution >= 4 is 17.7 Å². The molecule has 1 amide bonds. The molecule has 0 aliphatic heterocycles. The maximum absolute atomic E-state index is 12.8. The van der Waals surface area contributed by atoms with Gasteiger partial charge in [0.2, 0.25) is 0 Å². The van der Waals surface area contributed by atoms with Crippen LogP contribution in [0, 0.1) is 0 Å². The summed E-state index contributed by atoms with van der Waals surface area (Å²) in [5.74, 6) is 0.895. The maximum atomic E-state index is 12.8. The average Bonchev–Trinajstić information content (AvgIpc) is 2.68. The quantitative estimate of drug-likeness (QED) is 0.674. The van der Waals surface area contributed by atoms with Crippen molar-refractivity contribution in [2.24, 2.45) is 0 Å². The number of nitrogens with one attached hydrogen (secondary N) is 1. The number of hydrogen-bond donors (Lipinski definition) is 1. The number of thioether (sulfide) groups is 1. The topological polar surface area (TPSA) is 29.1 Å². The summed E-state index contributed by atoms with van der Waals surface area (Å²) in [6.07, 6.45) is 2.07. The van der Waals surface area contributed by atoms with E-state index in [2.05, 4.69) is 11.6 Å². The van der Waals surface area contributed by atoms with Crippen LogP contribution in [-0.2, 0) is 5.75 Å². The highest BCUT2D eigenvalue weighted by atomic mass is 32.2. The Hall–Kier alpha value is -2.52. The van der Waals surface area contributed by atoms with E-state index in [-0.39, 0.29) is 11.9 Å². The molecule has 0 fully saturated rings. The average molecular weight is 347 g/mol. The molecule has 3 aromatic carbocycles. The molecule has 0 unspecified atom stereocenters. The largest absolute Gasteiger partial charge is 0.341 e. The Bertz CT molecular complexity index is 761. The molecular formula is C22H21NOS. The van der Waals surface area contributed by atoms with Crippen molar-refractivity contribution in [3.8, 4) is 0 Å². The predicted molar refractivity (Wildman–Crippen MR) is 106 cm³/mol. The number of benzene rings is 3. The summed E-state index contributed by atoms with van der Waals surface area (Å²) in [6, 6.07) is 27.8. The lowest BCUT2D eigenvalue weighted by Gasteiger charge is -2.20. The highest BCUT2D eigenvalue weighted by molar-refractivity contribution is 7.97. The van der Waals surface area contributed by atoms with E-state index in [1.165, 1.54) is 5.56 Å². The third-order valence-electron chi connectivity index (χ3n) is 4.07. The summed E-state index contributed by atoms with van der Waals surface area (Å²) < 4.78 is 0. The minimum absolute atomic E-state index is 0.0617. The minimum Gasteiger partial charge on any atom is -0.341 e. The van der Waals surface area contributed by atoms with Crippen LogP contribution in [0.3, 0.4) is 0 Å². The smallest absolute Gasteiger partial charge is 0.252 e. The molecule has 3 rings (SSSR count). The van der Waals surface area contributed by atoms with Crippen LogP contribution in [-0.4, -0.2) is 12.2 Å². The number of carbonyl (C=O) groups is 1. The third-order valence-corrected chi connectivity index (χ3v) is 4.69. The van der Waals surface area contributed by atoms with Gasteiger partial charge in [-0.3, -0.25) is 4.79 Å². The monoisotopic (exact) mass is 347 g/mol. The zero-order valence-corrected chi connectivity index (χ0v) is 15.0. The first kappa shape index (κ1) is 17.3. The van der Waals surface area contributed by atoms with E-state index in [0.29, 0.717) is 5.56 Å². The lowest BCUT2D eigenvalue weighted by molar-refractivity contribution is 0.0943. The molecule has 0 aliphatic carbocycles. The molecule has 0 saturated carbocycles. The van der Waals surface area contributed by atoms with Crippen LogP contribution in [0.1, 0.15) is 33.1 Å². The lowest BCUT2D eigenvalue weighted by atomic mass is 9.98. The first-order chi connectivity index (χ1) is 12.3. The van der Waals surface area contributed by atoms with Gasteiger partial charge in [-0.15, -0.1) is 0 Å². The van der Waals surface area contributed by atoms with Gasteiger partial charge in [0.05, 0.1) is 6.04 Å². The zero-order valence-electron chi connectivity index (χ0n) is 14.2. The molecule has 0 saturated heterocycles. The molecule has 0 radical (unpaired) electrons. The molecule has 1 N–H and O–H groups in total. The number of rotatable bonds is 6. The Kier molecular flexibility index (Phi) is 5.91. The molecule has 3 heteroatoms. The molecular weight excluding hydrogens is 326 g/mol. The summed E-state index contributed by atoms with van der Waals surface area (Å²) in [4.78, 5) is 12.8. The second-order valence-electron chi connectivity index (χ2n) is 5.86. The van der Waals surface area contributed by atoms with Crippen molar-refractivity contribution in [3.63, 3.8) is 0 Å². The van der Waals surface area contributed by atoms with Crippen molar-refractivity contribution < 1.29 is 4.79 Å². The first-order valence-electron chi connectivity index (χ1n) is 8.26. The van der Waals surface area contributed by atoms with Gasteiger partial charge in [-0.2, -0.15) is 11.8 Å². The number of carbonyl (C=O) groups excluding carboxylic acids is 1. The van der Waals surface area contributed by atoms with Crippen molar-refractivity contribution in [2.75, 3.05) is 6.26 Å². The van der Waals surface area contributed by atoms with Crippen LogP contribution < -0.4 is 5.32 Å². The van der Waals surface area contributed by atoms with Gasteiger partial charge >= 0.3 is 0 Å². The van der Waals surface area contributed by atoms with Gasteiger partial charge in [0.1, 0.15) is 0 Å². The lowest BCUT2D eigenvalue weighted by Crippen LogP contribution is -2.29. The summed E-state index contributed by atoms with van der Waals surface area (Å²) in [6.45, 7) is 0. The second kappa shape index (κ2) is 8.54. The van der Waals surface area contributed by atoms with E-state index in [4.69, 9.17) is 0 Å². The summed E-state index contributed by atoms with van der Waals surface area (Å²) in [7, 11) is 0. The molecule has 0 spiro atoms. The molecule has 3 aromatic rings. The van der Waals surface area contributed by atoms with Crippen LogP contribution >= 0.6 is 11.8 Å². The standard InChI is InChI=1S/C22H21NOS/c1-25-16-17-12-14-20(15-13-17)22(24)23-21(18-8-4-2-5-9-18)19-10-6-3-7-11-19/h2-15,21H,16H2,1H3,(H,23,24). The van der Waals surface area contributed by atoms with E-state index in [1.54, 1.807) is 11.8 Å². The van der Waals surface area contributed by atoms with E-state index >= 15 is 0 Å². The number of amides is 1. The first-order valence-corrected chi connectivity index (χ1v) is 9.66. The molecule has 2 nitrogen and oxygen atoms in total. The van der Waals surface area contributed by atoms with Gasteiger partial charge in [0.15, 0.2) is 0 Å². The normalized spacial score (nSPS) is 10.6. The molecule has 0 aromatic heterocycles. The van der Waals surface area contributed by atoms with Crippen LogP contribution in [0.2, 0.25) is 0 Å². The fourth-order valence-corrected chi connectivity index (χ4v) is 3.31. The van der Waals surface area contributed by atoms with E-state index in [1.807, 2.05) is 84.9 Å².